The standard InChI is InChI=1S/C13H13ClN2O3/c1-15-6-7-5-8(13(17)18)11-10(19-2)4-3-9(14)12(11)16-7/h3-5,15H,6H2,1-2H3,(H,17,18). The molecule has 0 unspecified atom stereocenters. The highest BCUT2D eigenvalue weighted by molar-refractivity contribution is 6.35. The highest BCUT2D eigenvalue weighted by atomic mass is 35.5. The van der Waals surface area contributed by atoms with E-state index in [-0.39, 0.29) is 5.56 Å². The Kier molecular flexibility index (Phi) is 3.87. The molecule has 0 radical (unpaired) electrons. The van der Waals surface area contributed by atoms with E-state index in [0.29, 0.717) is 33.9 Å². The Labute approximate surface area is 115 Å². The van der Waals surface area contributed by atoms with Crippen LogP contribution in [-0.2, 0) is 6.54 Å². The number of carbonyl (C=O) groups is 1. The molecule has 2 aromatic rings. The van der Waals surface area contributed by atoms with Gasteiger partial charge in [-0.1, -0.05) is 11.6 Å². The molecule has 0 fully saturated rings. The number of rotatable bonds is 4. The number of nitrogens with one attached hydrogen (secondary N) is 1. The summed E-state index contributed by atoms with van der Waals surface area (Å²) in [5.41, 5.74) is 1.18. The number of halogens is 1. The number of fused-ring (bicyclic) bond motifs is 1. The molecule has 0 spiro atoms. The van der Waals surface area contributed by atoms with Crippen LogP contribution < -0.4 is 10.1 Å². The van der Waals surface area contributed by atoms with Crippen molar-refractivity contribution in [3.8, 4) is 5.75 Å². The van der Waals surface area contributed by atoms with Gasteiger partial charge < -0.3 is 15.2 Å². The molecular formula is C13H13ClN2O3. The minimum absolute atomic E-state index is 0.134. The van der Waals surface area contributed by atoms with Gasteiger partial charge in [0.05, 0.1) is 34.3 Å². The third-order valence-electron chi connectivity index (χ3n) is 2.73. The highest BCUT2D eigenvalue weighted by Crippen LogP contribution is 2.33. The lowest BCUT2D eigenvalue weighted by molar-refractivity contribution is 0.0698. The monoisotopic (exact) mass is 280 g/mol. The summed E-state index contributed by atoms with van der Waals surface area (Å²) in [5.74, 6) is -0.592. The highest BCUT2D eigenvalue weighted by Gasteiger charge is 2.17. The van der Waals surface area contributed by atoms with Crippen molar-refractivity contribution < 1.29 is 14.6 Å². The van der Waals surface area contributed by atoms with Crippen LogP contribution in [0, 0.1) is 0 Å². The van der Waals surface area contributed by atoms with E-state index < -0.39 is 5.97 Å². The van der Waals surface area contributed by atoms with E-state index >= 15 is 0 Å². The zero-order valence-electron chi connectivity index (χ0n) is 10.5. The average Bonchev–Trinajstić information content (AvgIpc) is 2.39. The molecule has 1 aromatic carbocycles. The van der Waals surface area contributed by atoms with Crippen molar-refractivity contribution in [2.24, 2.45) is 0 Å². The lowest BCUT2D eigenvalue weighted by Crippen LogP contribution is -2.10. The maximum atomic E-state index is 11.4. The maximum absolute atomic E-state index is 11.4. The van der Waals surface area contributed by atoms with E-state index in [1.54, 1.807) is 19.2 Å². The first-order valence-electron chi connectivity index (χ1n) is 5.62. The maximum Gasteiger partial charge on any atom is 0.336 e. The summed E-state index contributed by atoms with van der Waals surface area (Å²) >= 11 is 6.10. The van der Waals surface area contributed by atoms with E-state index in [2.05, 4.69) is 10.3 Å². The number of benzene rings is 1. The van der Waals surface area contributed by atoms with Crippen LogP contribution in [0.1, 0.15) is 16.1 Å². The smallest absolute Gasteiger partial charge is 0.336 e. The van der Waals surface area contributed by atoms with Crippen LogP contribution >= 0.6 is 11.6 Å². The molecule has 1 heterocycles. The zero-order valence-corrected chi connectivity index (χ0v) is 11.3. The average molecular weight is 281 g/mol. The van der Waals surface area contributed by atoms with Crippen LogP contribution in [0.2, 0.25) is 5.02 Å². The number of carboxylic acids is 1. The number of pyridine rings is 1. The summed E-state index contributed by atoms with van der Waals surface area (Å²) < 4.78 is 5.20. The van der Waals surface area contributed by atoms with Gasteiger partial charge in [0.2, 0.25) is 0 Å². The van der Waals surface area contributed by atoms with Crippen molar-refractivity contribution >= 4 is 28.5 Å². The number of nitrogens with zero attached hydrogens (tertiary/aromatic N) is 1. The number of ether oxygens (including phenoxy) is 1. The van der Waals surface area contributed by atoms with E-state index in [4.69, 9.17) is 16.3 Å². The first-order valence-corrected chi connectivity index (χ1v) is 6.00. The molecule has 100 valence electrons. The number of aromatic carboxylic acids is 1. The number of methoxy groups -OCH3 is 1. The van der Waals surface area contributed by atoms with Gasteiger partial charge in [-0.05, 0) is 25.2 Å². The van der Waals surface area contributed by atoms with Crippen molar-refractivity contribution in [3.05, 3.63) is 34.5 Å². The second-order valence-corrected chi connectivity index (χ2v) is 4.38. The Morgan fingerprint density at radius 3 is 2.84 bits per heavy atom. The van der Waals surface area contributed by atoms with Crippen LogP contribution in [0.15, 0.2) is 18.2 Å². The van der Waals surface area contributed by atoms with Crippen molar-refractivity contribution in [1.29, 1.82) is 0 Å². The number of aromatic nitrogens is 1. The predicted molar refractivity (Wildman–Crippen MR) is 73.0 cm³/mol. The quantitative estimate of drug-likeness (QED) is 0.899. The Hall–Kier alpha value is -1.85. The summed E-state index contributed by atoms with van der Waals surface area (Å²) in [4.78, 5) is 15.8. The Bertz CT molecular complexity index is 643. The topological polar surface area (TPSA) is 71.5 Å². The molecular weight excluding hydrogens is 268 g/mol. The molecule has 6 heteroatoms. The van der Waals surface area contributed by atoms with Gasteiger partial charge in [-0.25, -0.2) is 9.78 Å². The van der Waals surface area contributed by atoms with Gasteiger partial charge >= 0.3 is 5.97 Å². The van der Waals surface area contributed by atoms with Gasteiger partial charge in [-0.3, -0.25) is 0 Å². The van der Waals surface area contributed by atoms with Gasteiger partial charge in [-0.15, -0.1) is 0 Å². The fourth-order valence-corrected chi connectivity index (χ4v) is 2.14. The fraction of sp³-hybridized carbons (Fsp3) is 0.231. The minimum atomic E-state index is -1.04. The van der Waals surface area contributed by atoms with Gasteiger partial charge in [0, 0.05) is 6.54 Å². The fourth-order valence-electron chi connectivity index (χ4n) is 1.94. The lowest BCUT2D eigenvalue weighted by atomic mass is 10.1. The van der Waals surface area contributed by atoms with Crippen molar-refractivity contribution in [2.75, 3.05) is 14.2 Å². The SMILES string of the molecule is CNCc1cc(C(=O)O)c2c(OC)ccc(Cl)c2n1. The van der Waals surface area contributed by atoms with Crippen LogP contribution in [0.25, 0.3) is 10.9 Å². The molecule has 1 aromatic heterocycles. The largest absolute Gasteiger partial charge is 0.496 e. The Morgan fingerprint density at radius 2 is 2.26 bits per heavy atom. The van der Waals surface area contributed by atoms with Crippen molar-refractivity contribution in [1.82, 2.24) is 10.3 Å². The number of hydrogen-bond acceptors (Lipinski definition) is 4. The summed E-state index contributed by atoms with van der Waals surface area (Å²) in [6.45, 7) is 0.462. The summed E-state index contributed by atoms with van der Waals surface area (Å²) in [6, 6.07) is 4.81. The second kappa shape index (κ2) is 5.42. The molecule has 0 aliphatic rings. The summed E-state index contributed by atoms with van der Waals surface area (Å²) in [6.07, 6.45) is 0. The van der Waals surface area contributed by atoms with E-state index in [1.807, 2.05) is 0 Å². The van der Waals surface area contributed by atoms with Gasteiger partial charge in [-0.2, -0.15) is 0 Å². The zero-order chi connectivity index (χ0) is 14.0. The van der Waals surface area contributed by atoms with Crippen LogP contribution in [0.5, 0.6) is 5.75 Å². The molecule has 2 N–H and O–H groups in total. The van der Waals surface area contributed by atoms with Crippen molar-refractivity contribution in [3.63, 3.8) is 0 Å². The van der Waals surface area contributed by atoms with Gasteiger partial charge in [0.1, 0.15) is 5.75 Å². The molecule has 0 atom stereocenters. The number of hydrogen-bond donors (Lipinski definition) is 2. The third kappa shape index (κ3) is 2.47. The first kappa shape index (κ1) is 13.6. The molecule has 19 heavy (non-hydrogen) atoms. The minimum Gasteiger partial charge on any atom is -0.496 e. The van der Waals surface area contributed by atoms with E-state index in [1.165, 1.54) is 13.2 Å². The molecule has 0 saturated carbocycles. The lowest BCUT2D eigenvalue weighted by Gasteiger charge is -2.11. The molecule has 0 saturated heterocycles. The van der Waals surface area contributed by atoms with Gasteiger partial charge in [0.15, 0.2) is 0 Å². The van der Waals surface area contributed by atoms with E-state index in [0.717, 1.165) is 0 Å². The van der Waals surface area contributed by atoms with E-state index in [9.17, 15) is 9.90 Å². The second-order valence-electron chi connectivity index (χ2n) is 3.97. The Morgan fingerprint density at radius 1 is 1.53 bits per heavy atom. The van der Waals surface area contributed by atoms with Crippen molar-refractivity contribution in [2.45, 2.75) is 6.54 Å². The molecule has 2 rings (SSSR count). The predicted octanol–water partition coefficient (Wildman–Crippen LogP) is 2.31. The van der Waals surface area contributed by atoms with Crippen LogP contribution in [-0.4, -0.2) is 30.2 Å². The van der Waals surface area contributed by atoms with Crippen LogP contribution in [0.4, 0.5) is 0 Å². The number of carboxylic acid groups (broad SMARTS) is 1. The Balaban J connectivity index is 2.85. The van der Waals surface area contributed by atoms with Crippen LogP contribution in [0.3, 0.4) is 0 Å². The summed E-state index contributed by atoms with van der Waals surface area (Å²) in [5, 5.41) is 13.1. The third-order valence-corrected chi connectivity index (χ3v) is 3.04. The molecule has 0 aliphatic heterocycles. The molecule has 0 bridgehead atoms. The van der Waals surface area contributed by atoms with Gasteiger partial charge in [0.25, 0.3) is 0 Å². The normalized spacial score (nSPS) is 10.7. The molecule has 0 aliphatic carbocycles. The first-order chi connectivity index (χ1) is 9.08. The molecule has 5 nitrogen and oxygen atoms in total. The molecule has 0 amide bonds. The summed E-state index contributed by atoms with van der Waals surface area (Å²) in [7, 11) is 3.25.